The van der Waals surface area contributed by atoms with Gasteiger partial charge in [-0.25, -0.2) is 0 Å². The fourth-order valence-electron chi connectivity index (χ4n) is 1.46. The first-order valence-electron chi connectivity index (χ1n) is 5.11. The number of nitrogens with one attached hydrogen (secondary N) is 1. The van der Waals surface area contributed by atoms with Crippen molar-refractivity contribution in [3.8, 4) is 0 Å². The van der Waals surface area contributed by atoms with E-state index >= 15 is 0 Å². The molecule has 0 spiro atoms. The van der Waals surface area contributed by atoms with E-state index in [1.165, 1.54) is 5.57 Å². The Bertz CT molecular complexity index is 256. The highest BCUT2D eigenvalue weighted by molar-refractivity contribution is 5.85. The molecule has 1 aliphatic rings. The summed E-state index contributed by atoms with van der Waals surface area (Å²) in [6.45, 7) is 7.56. The molecule has 0 radical (unpaired) electrons. The van der Waals surface area contributed by atoms with Gasteiger partial charge in [-0.1, -0.05) is 11.6 Å². The van der Waals surface area contributed by atoms with Crippen LogP contribution in [0.15, 0.2) is 11.6 Å². The third-order valence-electron chi connectivity index (χ3n) is 2.88. The van der Waals surface area contributed by atoms with Crippen LogP contribution in [0.5, 0.6) is 0 Å². The van der Waals surface area contributed by atoms with Crippen molar-refractivity contribution < 1.29 is 4.79 Å². The van der Waals surface area contributed by atoms with Crippen LogP contribution in [-0.4, -0.2) is 36.5 Å². The van der Waals surface area contributed by atoms with Gasteiger partial charge < -0.3 is 10.2 Å². The number of nitrogens with zero attached hydrogens (tertiary/aromatic N) is 1. The molecule has 0 aliphatic carbocycles. The van der Waals surface area contributed by atoms with E-state index in [1.807, 2.05) is 25.8 Å². The summed E-state index contributed by atoms with van der Waals surface area (Å²) in [5.41, 5.74) is 0.940. The summed E-state index contributed by atoms with van der Waals surface area (Å²) < 4.78 is 0. The van der Waals surface area contributed by atoms with E-state index in [9.17, 15) is 4.79 Å². The van der Waals surface area contributed by atoms with Gasteiger partial charge in [0.25, 0.3) is 0 Å². The summed E-state index contributed by atoms with van der Waals surface area (Å²) in [5.74, 6) is 0.184. The molecule has 3 nitrogen and oxygen atoms in total. The molecular formula is C11H20N2O. The smallest absolute Gasteiger partial charge is 0.242 e. The normalized spacial score (nSPS) is 18.0. The van der Waals surface area contributed by atoms with Crippen LogP contribution in [0.4, 0.5) is 0 Å². The van der Waals surface area contributed by atoms with Gasteiger partial charge in [-0.05, 0) is 34.2 Å². The first-order valence-corrected chi connectivity index (χ1v) is 5.11. The van der Waals surface area contributed by atoms with Crippen LogP contribution >= 0.6 is 0 Å². The van der Waals surface area contributed by atoms with Crippen LogP contribution < -0.4 is 5.32 Å². The number of carbonyl (C=O) groups is 1. The van der Waals surface area contributed by atoms with Crippen molar-refractivity contribution in [3.05, 3.63) is 11.6 Å². The molecule has 0 aromatic rings. The summed E-state index contributed by atoms with van der Waals surface area (Å²) in [7, 11) is 1.82. The van der Waals surface area contributed by atoms with Crippen LogP contribution in [-0.2, 0) is 4.79 Å². The maximum absolute atomic E-state index is 12.0. The molecule has 1 amide bonds. The van der Waals surface area contributed by atoms with Crippen LogP contribution in [0.3, 0.4) is 0 Å². The number of likely N-dealkylation sites (N-methyl/N-ethyl adjacent to an activating group) is 1. The van der Waals surface area contributed by atoms with E-state index in [0.717, 1.165) is 19.5 Å². The minimum atomic E-state index is -0.445. The lowest BCUT2D eigenvalue weighted by molar-refractivity contribution is -0.136. The predicted molar refractivity (Wildman–Crippen MR) is 58.1 cm³/mol. The van der Waals surface area contributed by atoms with Crippen molar-refractivity contribution in [2.45, 2.75) is 32.7 Å². The van der Waals surface area contributed by atoms with Crippen molar-refractivity contribution in [2.75, 3.05) is 20.1 Å². The van der Waals surface area contributed by atoms with Crippen LogP contribution in [0, 0.1) is 0 Å². The molecule has 0 aromatic carbocycles. The van der Waals surface area contributed by atoms with E-state index < -0.39 is 5.54 Å². The lowest BCUT2D eigenvalue weighted by atomic mass is 10.0. The molecular weight excluding hydrogens is 176 g/mol. The van der Waals surface area contributed by atoms with Crippen molar-refractivity contribution in [1.29, 1.82) is 0 Å². The number of amides is 1. The average molecular weight is 196 g/mol. The molecule has 80 valence electrons. The fourth-order valence-corrected chi connectivity index (χ4v) is 1.46. The molecule has 0 unspecified atom stereocenters. The SMILES string of the molecule is CNC(C)(C)C(=O)N1CC=C(C)CC1. The standard InChI is InChI=1S/C11H20N2O/c1-9-5-7-13(8-6-9)10(14)11(2,3)12-4/h5,12H,6-8H2,1-4H3. The van der Waals surface area contributed by atoms with E-state index in [-0.39, 0.29) is 5.91 Å². The molecule has 0 saturated heterocycles. The zero-order chi connectivity index (χ0) is 10.8. The van der Waals surface area contributed by atoms with Gasteiger partial charge in [-0.2, -0.15) is 0 Å². The molecule has 0 fully saturated rings. The Morgan fingerprint density at radius 2 is 2.21 bits per heavy atom. The van der Waals surface area contributed by atoms with E-state index in [0.29, 0.717) is 0 Å². The highest BCUT2D eigenvalue weighted by Gasteiger charge is 2.30. The van der Waals surface area contributed by atoms with Crippen LogP contribution in [0.25, 0.3) is 0 Å². The largest absolute Gasteiger partial charge is 0.337 e. The fraction of sp³-hybridized carbons (Fsp3) is 0.727. The van der Waals surface area contributed by atoms with Gasteiger partial charge in [0.2, 0.25) is 5.91 Å². The Kier molecular flexibility index (Phi) is 3.32. The average Bonchev–Trinajstić information content (AvgIpc) is 2.18. The summed E-state index contributed by atoms with van der Waals surface area (Å²) in [6, 6.07) is 0. The monoisotopic (exact) mass is 196 g/mol. The van der Waals surface area contributed by atoms with Crippen LogP contribution in [0.2, 0.25) is 0 Å². The molecule has 3 heteroatoms. The van der Waals surface area contributed by atoms with Gasteiger partial charge in [0.15, 0.2) is 0 Å². The summed E-state index contributed by atoms with van der Waals surface area (Å²) in [4.78, 5) is 13.9. The van der Waals surface area contributed by atoms with Gasteiger partial charge >= 0.3 is 0 Å². The van der Waals surface area contributed by atoms with Gasteiger partial charge in [-0.15, -0.1) is 0 Å². The molecule has 0 aromatic heterocycles. The van der Waals surface area contributed by atoms with Gasteiger partial charge in [0, 0.05) is 13.1 Å². The van der Waals surface area contributed by atoms with E-state index in [4.69, 9.17) is 0 Å². The van der Waals surface area contributed by atoms with Gasteiger partial charge in [-0.3, -0.25) is 4.79 Å². The van der Waals surface area contributed by atoms with Crippen LogP contribution in [0.1, 0.15) is 27.2 Å². The van der Waals surface area contributed by atoms with Crippen molar-refractivity contribution in [2.24, 2.45) is 0 Å². The number of carbonyl (C=O) groups excluding carboxylic acids is 1. The highest BCUT2D eigenvalue weighted by Crippen LogP contribution is 2.14. The third-order valence-corrected chi connectivity index (χ3v) is 2.88. The molecule has 0 saturated carbocycles. The molecule has 1 aliphatic heterocycles. The van der Waals surface area contributed by atoms with Gasteiger partial charge in [0.05, 0.1) is 5.54 Å². The Morgan fingerprint density at radius 1 is 1.57 bits per heavy atom. The summed E-state index contributed by atoms with van der Waals surface area (Å²) >= 11 is 0. The molecule has 0 bridgehead atoms. The number of hydrogen-bond acceptors (Lipinski definition) is 2. The second-order valence-electron chi connectivity index (χ2n) is 4.43. The Morgan fingerprint density at radius 3 is 2.64 bits per heavy atom. The Balaban J connectivity index is 2.63. The van der Waals surface area contributed by atoms with Crippen molar-refractivity contribution in [3.63, 3.8) is 0 Å². The predicted octanol–water partition coefficient (Wildman–Crippen LogP) is 1.16. The number of rotatable bonds is 2. The second-order valence-corrected chi connectivity index (χ2v) is 4.43. The zero-order valence-electron chi connectivity index (χ0n) is 9.55. The molecule has 1 heterocycles. The minimum Gasteiger partial charge on any atom is -0.337 e. The zero-order valence-corrected chi connectivity index (χ0v) is 9.55. The molecule has 1 rings (SSSR count). The van der Waals surface area contributed by atoms with E-state index in [2.05, 4.69) is 18.3 Å². The quantitative estimate of drug-likeness (QED) is 0.672. The maximum Gasteiger partial charge on any atom is 0.242 e. The third kappa shape index (κ3) is 2.35. The Hall–Kier alpha value is -0.830. The Labute approximate surface area is 86.2 Å². The summed E-state index contributed by atoms with van der Waals surface area (Å²) in [5, 5.41) is 3.04. The maximum atomic E-state index is 12.0. The van der Waals surface area contributed by atoms with Crippen molar-refractivity contribution >= 4 is 5.91 Å². The van der Waals surface area contributed by atoms with Crippen molar-refractivity contribution in [1.82, 2.24) is 10.2 Å². The first kappa shape index (κ1) is 11.2. The lowest BCUT2D eigenvalue weighted by Crippen LogP contribution is -2.53. The topological polar surface area (TPSA) is 32.3 Å². The lowest BCUT2D eigenvalue weighted by Gasteiger charge is -2.33. The minimum absolute atomic E-state index is 0.184. The second kappa shape index (κ2) is 4.13. The highest BCUT2D eigenvalue weighted by atomic mass is 16.2. The molecule has 1 N–H and O–H groups in total. The number of hydrogen-bond donors (Lipinski definition) is 1. The summed E-state index contributed by atoms with van der Waals surface area (Å²) in [6.07, 6.45) is 3.14. The molecule has 0 atom stereocenters. The molecule has 14 heavy (non-hydrogen) atoms. The van der Waals surface area contributed by atoms with E-state index in [1.54, 1.807) is 0 Å². The van der Waals surface area contributed by atoms with Gasteiger partial charge in [0.1, 0.15) is 0 Å². The first-order chi connectivity index (χ1) is 6.47.